The normalized spacial score (nSPS) is 19.2. The molecule has 322 valence electrons. The first kappa shape index (κ1) is 54.8. The Kier molecular flexibility index (Phi) is 37.2. The van der Waals surface area contributed by atoms with Crippen LogP contribution in [0.4, 0.5) is 0 Å². The van der Waals surface area contributed by atoms with Gasteiger partial charge in [-0.1, -0.05) is 168 Å². The minimum atomic E-state index is -4.41. The van der Waals surface area contributed by atoms with Crippen LogP contribution >= 0.6 is 0 Å². The first-order chi connectivity index (χ1) is 25.2. The summed E-state index contributed by atoms with van der Waals surface area (Å²) in [4.78, 5) is 0. The van der Waals surface area contributed by atoms with Crippen LogP contribution in [0.15, 0.2) is 0 Å². The monoisotopic (exact) mass is 801 g/mol. The highest BCUT2D eigenvalue weighted by molar-refractivity contribution is 7.81. The molecular weight excluding hydrogens is 713 g/mol. The summed E-state index contributed by atoms with van der Waals surface area (Å²) in [5, 5.41) is 0. The average Bonchev–Trinajstić information content (AvgIpc) is 3.26. The molecule has 0 aromatic rings. The second-order valence-corrected chi connectivity index (χ2v) is 18.6. The molecule has 0 aliphatic carbocycles. The molecule has 1 aliphatic rings. The Labute approximate surface area is 330 Å². The van der Waals surface area contributed by atoms with Crippen molar-refractivity contribution in [3.8, 4) is 0 Å². The molecule has 12 heteroatoms. The van der Waals surface area contributed by atoms with Crippen LogP contribution in [0.3, 0.4) is 0 Å². The van der Waals surface area contributed by atoms with E-state index in [2.05, 4.69) is 36.3 Å². The van der Waals surface area contributed by atoms with E-state index in [0.29, 0.717) is 0 Å². The van der Waals surface area contributed by atoms with Crippen LogP contribution in [0.2, 0.25) is 0 Å². The zero-order valence-corrected chi connectivity index (χ0v) is 37.4. The summed E-state index contributed by atoms with van der Waals surface area (Å²) in [6, 6.07) is 0. The van der Waals surface area contributed by atoms with Crippen LogP contribution in [-0.2, 0) is 29.2 Å². The van der Waals surface area contributed by atoms with Crippen molar-refractivity contribution in [3.63, 3.8) is 0 Å². The zero-order chi connectivity index (χ0) is 40.2. The van der Waals surface area contributed by atoms with Crippen molar-refractivity contribution < 1.29 is 43.3 Å². The largest absolute Gasteiger partial charge is 0.726 e. The average molecular weight is 801 g/mol. The summed E-state index contributed by atoms with van der Waals surface area (Å²) in [6.07, 6.45) is 42.5. The number of hydrogen-bond donors (Lipinski definition) is 0. The third kappa shape index (κ3) is 42.6. The standard InChI is InChI=1S/C39H82N2.2CH4O4S/c1-5-7-9-11-13-15-17-19-21-23-25-27-29-31-34-40(3)36-33-37-41(4,39-38-40)35-32-30-28-26-24-22-20-18-16-14-12-10-8-6-2;2*1-5-6(2,3)4/h5-39H2,1-4H3;2*1H3,(H,2,3,4)/q+2;;/p-2. The van der Waals surface area contributed by atoms with Gasteiger partial charge in [0.25, 0.3) is 0 Å². The molecule has 0 aromatic heterocycles. The molecule has 1 rings (SSSR count). The molecule has 0 bridgehead atoms. The van der Waals surface area contributed by atoms with Gasteiger partial charge in [-0.25, -0.2) is 16.8 Å². The lowest BCUT2D eigenvalue weighted by atomic mass is 10.0. The maximum absolute atomic E-state index is 9.22. The van der Waals surface area contributed by atoms with Crippen LogP contribution in [0.25, 0.3) is 0 Å². The second kappa shape index (κ2) is 36.0. The van der Waals surface area contributed by atoms with Gasteiger partial charge in [0.05, 0.1) is 54.5 Å². The molecule has 0 N–H and O–H groups in total. The third-order valence-electron chi connectivity index (χ3n) is 11.1. The van der Waals surface area contributed by atoms with Gasteiger partial charge in [0.2, 0.25) is 20.8 Å². The van der Waals surface area contributed by atoms with Gasteiger partial charge in [-0.05, 0) is 25.7 Å². The quantitative estimate of drug-likeness (QED) is 0.0284. The number of rotatable bonds is 32. The van der Waals surface area contributed by atoms with E-state index >= 15 is 0 Å². The van der Waals surface area contributed by atoms with Crippen molar-refractivity contribution in [1.29, 1.82) is 0 Å². The van der Waals surface area contributed by atoms with Crippen molar-refractivity contribution in [1.82, 2.24) is 0 Å². The highest BCUT2D eigenvalue weighted by atomic mass is 32.3. The van der Waals surface area contributed by atoms with E-state index in [-0.39, 0.29) is 0 Å². The second-order valence-electron chi connectivity index (χ2n) is 16.3. The Morgan fingerprint density at radius 3 is 0.774 bits per heavy atom. The Bertz CT molecular complexity index is 922. The maximum atomic E-state index is 9.22. The van der Waals surface area contributed by atoms with E-state index in [9.17, 15) is 25.9 Å². The highest BCUT2D eigenvalue weighted by Crippen LogP contribution is 2.20. The number of likely N-dealkylation sites (N-methyl/N-ethyl adjacent to an activating group) is 2. The van der Waals surface area contributed by atoms with Crippen LogP contribution in [-0.4, -0.2) is 102 Å². The SMILES string of the molecule is CCCCCCCCCCCCCCCC[N+]1(C)CCC[N+](C)(CCCCCCCCCCCCCCCC)CC1.COS(=O)(=O)[O-].COS(=O)(=O)[O-]. The molecule has 1 aliphatic heterocycles. The fourth-order valence-electron chi connectivity index (χ4n) is 7.36. The fourth-order valence-corrected chi connectivity index (χ4v) is 7.36. The van der Waals surface area contributed by atoms with Crippen molar-refractivity contribution in [3.05, 3.63) is 0 Å². The summed E-state index contributed by atoms with van der Waals surface area (Å²) < 4.78 is 64.7. The Balaban J connectivity index is 0. The topological polar surface area (TPSA) is 133 Å². The number of quaternary nitrogens is 2. The first-order valence-electron chi connectivity index (χ1n) is 21.9. The molecule has 2 atom stereocenters. The minimum Gasteiger partial charge on any atom is -0.726 e. The molecule has 53 heavy (non-hydrogen) atoms. The van der Waals surface area contributed by atoms with E-state index in [1.807, 2.05) is 0 Å². The zero-order valence-electron chi connectivity index (χ0n) is 35.7. The molecule has 0 saturated carbocycles. The van der Waals surface area contributed by atoms with Gasteiger partial charge in [0.15, 0.2) is 0 Å². The number of unbranched alkanes of at least 4 members (excludes halogenated alkanes) is 26. The smallest absolute Gasteiger partial charge is 0.217 e. The first-order valence-corrected chi connectivity index (χ1v) is 24.5. The lowest BCUT2D eigenvalue weighted by molar-refractivity contribution is -0.946. The van der Waals surface area contributed by atoms with Crippen LogP contribution in [0.5, 0.6) is 0 Å². The molecule has 0 radical (unpaired) electrons. The molecule has 10 nitrogen and oxygen atoms in total. The maximum Gasteiger partial charge on any atom is 0.217 e. The Morgan fingerprint density at radius 2 is 0.585 bits per heavy atom. The van der Waals surface area contributed by atoms with Gasteiger partial charge in [0, 0.05) is 6.42 Å². The summed E-state index contributed by atoms with van der Waals surface area (Å²) in [7, 11) is -2.06. The molecule has 0 spiro atoms. The van der Waals surface area contributed by atoms with E-state index in [1.54, 1.807) is 0 Å². The highest BCUT2D eigenvalue weighted by Gasteiger charge is 2.32. The van der Waals surface area contributed by atoms with Crippen molar-refractivity contribution in [2.45, 2.75) is 200 Å². The predicted octanol–water partition coefficient (Wildman–Crippen LogP) is 10.4. The van der Waals surface area contributed by atoms with Gasteiger partial charge in [-0.15, -0.1) is 0 Å². The molecule has 2 unspecified atom stereocenters. The molecule has 1 saturated heterocycles. The van der Waals surface area contributed by atoms with Gasteiger partial charge >= 0.3 is 0 Å². The summed E-state index contributed by atoms with van der Waals surface area (Å²) in [5.74, 6) is 0. The molecule has 1 heterocycles. The molecule has 0 aromatic carbocycles. The van der Waals surface area contributed by atoms with E-state index in [4.69, 9.17) is 0 Å². The van der Waals surface area contributed by atoms with Gasteiger partial charge < -0.3 is 18.1 Å². The van der Waals surface area contributed by atoms with Gasteiger partial charge in [0.1, 0.15) is 13.1 Å². The van der Waals surface area contributed by atoms with E-state index < -0.39 is 20.8 Å². The Morgan fingerprint density at radius 1 is 0.396 bits per heavy atom. The molecular formula is C41H88N2O8S2. The summed E-state index contributed by atoms with van der Waals surface area (Å²) >= 11 is 0. The minimum absolute atomic E-state index is 0.808. The van der Waals surface area contributed by atoms with Crippen LogP contribution < -0.4 is 0 Å². The summed E-state index contributed by atoms with van der Waals surface area (Å²) in [5.41, 5.74) is 0. The molecule has 0 amide bonds. The lowest BCUT2D eigenvalue weighted by Gasteiger charge is -2.35. The number of nitrogens with zero attached hydrogens (tertiary/aromatic N) is 2. The summed E-state index contributed by atoms with van der Waals surface area (Å²) in [6.45, 7) is 13.1. The van der Waals surface area contributed by atoms with Crippen LogP contribution in [0, 0.1) is 0 Å². The van der Waals surface area contributed by atoms with Gasteiger partial charge in [-0.3, -0.25) is 8.37 Å². The van der Waals surface area contributed by atoms with Gasteiger partial charge in [-0.2, -0.15) is 0 Å². The van der Waals surface area contributed by atoms with Crippen molar-refractivity contribution in [2.75, 3.05) is 67.6 Å². The van der Waals surface area contributed by atoms with Crippen molar-refractivity contribution >= 4 is 20.8 Å². The lowest BCUT2D eigenvalue weighted by Crippen LogP contribution is -2.51. The number of hydrogen-bond acceptors (Lipinski definition) is 8. The van der Waals surface area contributed by atoms with Crippen LogP contribution in [0.1, 0.15) is 200 Å². The fraction of sp³-hybridized carbons (Fsp3) is 1.00. The Hall–Kier alpha value is -0.340. The van der Waals surface area contributed by atoms with E-state index in [1.165, 1.54) is 234 Å². The molecule has 1 fully saturated rings. The van der Waals surface area contributed by atoms with Crippen molar-refractivity contribution in [2.24, 2.45) is 0 Å². The van der Waals surface area contributed by atoms with E-state index in [0.717, 1.165) is 14.2 Å². The third-order valence-corrected chi connectivity index (χ3v) is 11.9. The predicted molar refractivity (Wildman–Crippen MR) is 220 cm³/mol.